The van der Waals surface area contributed by atoms with Crippen LogP contribution in [-0.2, 0) is 21.7 Å². The van der Waals surface area contributed by atoms with Crippen LogP contribution in [0.5, 0.6) is 0 Å². The molecular weight excluding hydrogens is 916 g/mol. The zero-order valence-electron chi connectivity index (χ0n) is 45.2. The van der Waals surface area contributed by atoms with Gasteiger partial charge in [0.05, 0.1) is 11.4 Å². The maximum absolute atomic E-state index is 7.67. The number of hydrogen-bond donors (Lipinski definition) is 0. The lowest BCUT2D eigenvalue weighted by molar-refractivity contribution is 0.566. The summed E-state index contributed by atoms with van der Waals surface area (Å²) in [6.07, 6.45) is 0. The summed E-state index contributed by atoms with van der Waals surface area (Å²) >= 11 is 0. The number of furan rings is 2. The third-order valence-electron chi connectivity index (χ3n) is 16.0. The van der Waals surface area contributed by atoms with Gasteiger partial charge in [-0.25, -0.2) is 0 Å². The van der Waals surface area contributed by atoms with Crippen LogP contribution in [0, 0.1) is 0 Å². The summed E-state index contributed by atoms with van der Waals surface area (Å²) in [6, 6.07) is 71.3. The maximum atomic E-state index is 7.67. The average Bonchev–Trinajstić information content (AvgIpc) is 4.00. The molecule has 4 heterocycles. The van der Waals surface area contributed by atoms with Gasteiger partial charge >= 0.3 is 6.71 Å². The summed E-state index contributed by atoms with van der Waals surface area (Å²) in [6.45, 7) is 27.1. The lowest BCUT2D eigenvalue weighted by Crippen LogP contribution is -2.75. The number of benzene rings is 8. The molecule has 0 atom stereocenters. The first-order valence-corrected chi connectivity index (χ1v) is 28.5. The summed E-state index contributed by atoms with van der Waals surface area (Å²) in [5, 5.41) is 7.45. The highest BCUT2D eigenvalue weighted by atomic mass is 28.3. The minimum Gasteiger partial charge on any atom is -0.468 e. The summed E-state index contributed by atoms with van der Waals surface area (Å²) < 4.78 is 15.3. The maximum Gasteiger partial charge on any atom is 0.342 e. The second-order valence-corrected chi connectivity index (χ2v) is 28.8. The molecule has 0 N–H and O–H groups in total. The van der Waals surface area contributed by atoms with Crippen molar-refractivity contribution in [3.63, 3.8) is 0 Å². The Bertz CT molecular complexity index is 3470. The van der Waals surface area contributed by atoms with Gasteiger partial charge in [-0.15, -0.1) is 0 Å². The van der Waals surface area contributed by atoms with Crippen molar-refractivity contribution in [1.29, 1.82) is 0 Å². The molecule has 8 aromatic carbocycles. The van der Waals surface area contributed by atoms with Crippen molar-refractivity contribution in [3.8, 4) is 0 Å². The molecule has 0 spiro atoms. The highest BCUT2D eigenvalue weighted by Crippen LogP contribution is 2.50. The van der Waals surface area contributed by atoms with Crippen LogP contribution in [0.2, 0.25) is 0 Å². The Labute approximate surface area is 439 Å². The standard InChI is InChI=1S/C68H67BN2O2Si/c1-65(2,3)44-34-38-46(39-35-44)70-56-42-51(74(48-24-16-13-17-25-48,49-26-18-14-19-27-49)50-28-20-15-21-29-50)43-57-58(56)69(63-59(70)52-30-22-32-54(61(52)72-63)67(7,8)9)64-60(53-31-23-33-55(62(53)73-64)68(10,11)12)71(57)47-40-36-45(37-41-47)66(4,5)6/h13-43H,1-12H3. The van der Waals surface area contributed by atoms with E-state index < -0.39 is 8.07 Å². The number of rotatable bonds is 6. The van der Waals surface area contributed by atoms with Gasteiger partial charge in [0.15, 0.2) is 8.07 Å². The molecule has 0 amide bonds. The van der Waals surface area contributed by atoms with Crippen molar-refractivity contribution < 1.29 is 8.83 Å². The monoisotopic (exact) mass is 983 g/mol. The smallest absolute Gasteiger partial charge is 0.342 e. The van der Waals surface area contributed by atoms with E-state index in [0.29, 0.717) is 0 Å². The van der Waals surface area contributed by atoms with Gasteiger partial charge in [0.2, 0.25) is 0 Å². The predicted molar refractivity (Wildman–Crippen MR) is 318 cm³/mol. The van der Waals surface area contributed by atoms with E-state index in [1.165, 1.54) is 48.5 Å². The van der Waals surface area contributed by atoms with Crippen LogP contribution in [0.4, 0.5) is 34.1 Å². The highest BCUT2D eigenvalue weighted by molar-refractivity contribution is 7.20. The van der Waals surface area contributed by atoms with Gasteiger partial charge in [-0.3, -0.25) is 0 Å². The Hall–Kier alpha value is -7.28. The normalized spacial score (nSPS) is 13.9. The van der Waals surface area contributed by atoms with Gasteiger partial charge in [-0.05, 0) is 108 Å². The lowest BCUT2D eigenvalue weighted by Gasteiger charge is -2.43. The van der Waals surface area contributed by atoms with E-state index in [1.807, 2.05) is 0 Å². The van der Waals surface area contributed by atoms with Gasteiger partial charge < -0.3 is 18.6 Å². The van der Waals surface area contributed by atoms with Gasteiger partial charge in [0.25, 0.3) is 0 Å². The number of para-hydroxylation sites is 2. The molecule has 0 saturated heterocycles. The molecule has 0 radical (unpaired) electrons. The summed E-state index contributed by atoms with van der Waals surface area (Å²) in [5.74, 6) is 0. The molecule has 2 aliphatic heterocycles. The molecule has 6 heteroatoms. The van der Waals surface area contributed by atoms with E-state index in [0.717, 1.165) is 67.4 Å². The Morgan fingerprint density at radius 3 is 1.04 bits per heavy atom. The molecule has 0 aliphatic carbocycles. The fourth-order valence-electron chi connectivity index (χ4n) is 12.2. The molecule has 0 saturated carbocycles. The number of fused-ring (bicyclic) bond motifs is 8. The van der Waals surface area contributed by atoms with Crippen LogP contribution < -0.4 is 47.3 Å². The first-order chi connectivity index (χ1) is 35.3. The van der Waals surface area contributed by atoms with Crippen molar-refractivity contribution in [1.82, 2.24) is 0 Å². The Balaban J connectivity index is 1.31. The average molecular weight is 983 g/mol. The van der Waals surface area contributed by atoms with E-state index in [1.54, 1.807) is 0 Å². The Kier molecular flexibility index (Phi) is 10.9. The first kappa shape index (κ1) is 47.7. The zero-order valence-corrected chi connectivity index (χ0v) is 46.2. The van der Waals surface area contributed by atoms with Gasteiger partial charge in [0, 0.05) is 44.6 Å². The minimum atomic E-state index is -3.16. The third-order valence-corrected chi connectivity index (χ3v) is 20.7. The van der Waals surface area contributed by atoms with E-state index in [9.17, 15) is 0 Å². The van der Waals surface area contributed by atoms with Crippen molar-refractivity contribution in [2.45, 2.75) is 105 Å². The number of nitrogens with zero attached hydrogens (tertiary/aromatic N) is 2. The summed E-state index contributed by atoms with van der Waals surface area (Å²) in [4.78, 5) is 5.10. The minimum absolute atomic E-state index is 0.0292. The molecule has 0 fully saturated rings. The van der Waals surface area contributed by atoms with Crippen molar-refractivity contribution in [3.05, 3.63) is 210 Å². The van der Waals surface area contributed by atoms with Crippen LogP contribution in [0.1, 0.15) is 105 Å². The molecular formula is C68H67BN2O2Si. The molecule has 0 unspecified atom stereocenters. The quantitative estimate of drug-likeness (QED) is 0.123. The van der Waals surface area contributed by atoms with Crippen molar-refractivity contribution >= 4 is 108 Å². The molecule has 2 aliphatic rings. The zero-order chi connectivity index (χ0) is 51.7. The topological polar surface area (TPSA) is 32.8 Å². The first-order valence-electron chi connectivity index (χ1n) is 26.5. The van der Waals surface area contributed by atoms with Crippen molar-refractivity contribution in [2.75, 3.05) is 9.80 Å². The number of hydrogen-bond acceptors (Lipinski definition) is 4. The Morgan fingerprint density at radius 1 is 0.365 bits per heavy atom. The SMILES string of the molecule is CC(C)(C)c1ccc(N2c3cc([Si](c4ccccc4)(c4ccccc4)c4ccccc4)cc4c3B(c3oc5c(C(C)(C)C)cccc5c32)c2oc3c(C(C)(C)C)cccc3c2N4c2ccc(C(C)(C)C)cc2)cc1. The van der Waals surface area contributed by atoms with E-state index in [2.05, 4.69) is 281 Å². The third kappa shape index (κ3) is 7.38. The summed E-state index contributed by atoms with van der Waals surface area (Å²) in [5.41, 5.74) is 15.8. The van der Waals surface area contributed by atoms with Crippen LogP contribution in [0.3, 0.4) is 0 Å². The fraction of sp³-hybridized carbons (Fsp3) is 0.235. The van der Waals surface area contributed by atoms with Crippen LogP contribution >= 0.6 is 0 Å². The second-order valence-electron chi connectivity index (χ2n) is 25.0. The Morgan fingerprint density at radius 2 is 0.716 bits per heavy atom. The van der Waals surface area contributed by atoms with Crippen LogP contribution in [0.25, 0.3) is 21.9 Å². The molecule has 74 heavy (non-hydrogen) atoms. The van der Waals surface area contributed by atoms with Crippen LogP contribution in [-0.4, -0.2) is 14.8 Å². The van der Waals surface area contributed by atoms with E-state index in [-0.39, 0.29) is 28.4 Å². The van der Waals surface area contributed by atoms with E-state index >= 15 is 0 Å². The largest absolute Gasteiger partial charge is 0.468 e. The molecule has 368 valence electrons. The highest BCUT2D eigenvalue weighted by Gasteiger charge is 2.52. The van der Waals surface area contributed by atoms with Gasteiger partial charge in [0.1, 0.15) is 22.5 Å². The number of anilines is 6. The van der Waals surface area contributed by atoms with E-state index in [4.69, 9.17) is 8.83 Å². The molecule has 0 bridgehead atoms. The molecule has 2 aromatic heterocycles. The molecule has 12 rings (SSSR count). The lowest BCUT2D eigenvalue weighted by atomic mass is 9.37. The van der Waals surface area contributed by atoms with Gasteiger partial charge in [-0.1, -0.05) is 223 Å². The molecule has 10 aromatic rings. The second kappa shape index (κ2) is 16.9. The van der Waals surface area contributed by atoms with Crippen molar-refractivity contribution in [2.24, 2.45) is 0 Å². The summed E-state index contributed by atoms with van der Waals surface area (Å²) in [7, 11) is -3.16. The molecule has 4 nitrogen and oxygen atoms in total. The van der Waals surface area contributed by atoms with Gasteiger partial charge in [-0.2, -0.15) is 0 Å². The fourth-order valence-corrected chi connectivity index (χ4v) is 17.0. The predicted octanol–water partition coefficient (Wildman–Crippen LogP) is 13.8. The van der Waals surface area contributed by atoms with Crippen LogP contribution in [0.15, 0.2) is 197 Å².